The van der Waals surface area contributed by atoms with Gasteiger partial charge in [0, 0.05) is 6.42 Å². The van der Waals surface area contributed by atoms with E-state index in [1.807, 2.05) is 48.6 Å². The van der Waals surface area contributed by atoms with E-state index in [9.17, 15) is 19.8 Å². The first-order chi connectivity index (χ1) is 32.0. The molecule has 0 heterocycles. The van der Waals surface area contributed by atoms with Gasteiger partial charge in [-0.2, -0.15) is 0 Å². The second kappa shape index (κ2) is 52.0. The van der Waals surface area contributed by atoms with Gasteiger partial charge in [0.1, 0.15) is 6.10 Å². The minimum Gasteiger partial charge on any atom is -0.462 e. The molecule has 0 aliphatic heterocycles. The molecule has 0 fully saturated rings. The number of ether oxygens (including phenoxy) is 1. The molecule has 0 rings (SSSR count). The van der Waals surface area contributed by atoms with Gasteiger partial charge in [-0.25, -0.2) is 0 Å². The van der Waals surface area contributed by atoms with Crippen LogP contribution < -0.4 is 5.32 Å². The topological polar surface area (TPSA) is 95.9 Å². The van der Waals surface area contributed by atoms with Crippen LogP contribution in [0.1, 0.15) is 252 Å². The van der Waals surface area contributed by atoms with Crippen LogP contribution in [0.2, 0.25) is 0 Å². The number of hydrogen-bond acceptors (Lipinski definition) is 5. The third-order valence-corrected chi connectivity index (χ3v) is 12.1. The van der Waals surface area contributed by atoms with Crippen LogP contribution in [0.3, 0.4) is 0 Å². The van der Waals surface area contributed by atoms with Gasteiger partial charge in [0.15, 0.2) is 0 Å². The van der Waals surface area contributed by atoms with Gasteiger partial charge in [0.05, 0.1) is 25.2 Å². The monoisotopic (exact) mass is 906 g/mol. The summed E-state index contributed by atoms with van der Waals surface area (Å²) in [5.41, 5.74) is 0. The van der Waals surface area contributed by atoms with Crippen LogP contribution in [-0.2, 0) is 14.3 Å². The van der Waals surface area contributed by atoms with Crippen molar-refractivity contribution in [1.82, 2.24) is 5.32 Å². The van der Waals surface area contributed by atoms with Crippen LogP contribution in [0.5, 0.6) is 0 Å². The summed E-state index contributed by atoms with van der Waals surface area (Å²) < 4.78 is 5.93. The first-order valence-corrected chi connectivity index (χ1v) is 27.4. The van der Waals surface area contributed by atoms with Crippen LogP contribution in [0.25, 0.3) is 0 Å². The fraction of sp³-hybridized carbons (Fsp3) is 0.729. The summed E-state index contributed by atoms with van der Waals surface area (Å²) in [6.07, 6.45) is 67.8. The van der Waals surface area contributed by atoms with Gasteiger partial charge in [0.2, 0.25) is 5.91 Å². The Kier molecular flexibility index (Phi) is 49.6. The third kappa shape index (κ3) is 47.3. The number of carbonyl (C=O) groups is 2. The van der Waals surface area contributed by atoms with Crippen molar-refractivity contribution in [3.63, 3.8) is 0 Å². The molecule has 3 N–H and O–H groups in total. The Labute approximate surface area is 402 Å². The Hall–Kier alpha value is -2.96. The number of aliphatic hydroxyl groups is 2. The Morgan fingerprint density at radius 1 is 0.462 bits per heavy atom. The second-order valence-electron chi connectivity index (χ2n) is 18.4. The number of aliphatic hydroxyl groups excluding tert-OH is 2. The SMILES string of the molecule is CC\C=C/C=C/C=C/C=C\C=C\C=C\CCCCCC(=O)OC(CCCCCCC/C=C/CCCCCCCC)CC(=O)NC(CO)C(O)CCCCCCCCCCCCCCCC. The Morgan fingerprint density at radius 2 is 0.846 bits per heavy atom. The standard InChI is InChI=1S/C59H103NO5/c1-4-7-10-13-16-19-22-25-28-29-31-34-37-40-43-46-49-52-59(64)65-55(50-47-44-41-38-35-32-30-26-23-20-17-14-11-8-5-2)53-58(63)60-56(54-61)57(62)51-48-45-42-39-36-33-27-24-21-18-15-12-9-6-3/h7,10,13,16,19,22,25-26,28-31,34,37,55-57,61-62H,4-6,8-9,11-12,14-15,17-18,20-21,23-24,27,32-33,35-36,38-54H2,1-3H3,(H,60,63)/b10-7-,16-13+,22-19+,28-25-,30-26+,31-29+,37-34+. The number of rotatable bonds is 48. The summed E-state index contributed by atoms with van der Waals surface area (Å²) in [4.78, 5) is 26.2. The molecule has 3 atom stereocenters. The van der Waals surface area contributed by atoms with Crippen molar-refractivity contribution >= 4 is 11.9 Å². The number of unbranched alkanes of at least 4 members (excludes halogenated alkanes) is 27. The fourth-order valence-electron chi connectivity index (χ4n) is 7.99. The molecule has 0 aliphatic carbocycles. The van der Waals surface area contributed by atoms with E-state index in [1.165, 1.54) is 128 Å². The van der Waals surface area contributed by atoms with Gasteiger partial charge in [-0.15, -0.1) is 0 Å². The minimum atomic E-state index is -0.802. The predicted octanol–water partition coefficient (Wildman–Crippen LogP) is 16.7. The summed E-state index contributed by atoms with van der Waals surface area (Å²) in [6, 6.07) is -0.718. The van der Waals surface area contributed by atoms with Gasteiger partial charge < -0.3 is 20.3 Å². The molecule has 0 radical (unpaired) electrons. The smallest absolute Gasteiger partial charge is 0.306 e. The maximum absolute atomic E-state index is 13.2. The highest BCUT2D eigenvalue weighted by Crippen LogP contribution is 2.18. The van der Waals surface area contributed by atoms with Gasteiger partial charge in [-0.05, 0) is 70.6 Å². The highest BCUT2D eigenvalue weighted by molar-refractivity contribution is 5.77. The molecule has 0 bridgehead atoms. The van der Waals surface area contributed by atoms with Gasteiger partial charge in [0.25, 0.3) is 0 Å². The van der Waals surface area contributed by atoms with Crippen LogP contribution in [0.15, 0.2) is 85.1 Å². The largest absolute Gasteiger partial charge is 0.462 e. The van der Waals surface area contributed by atoms with Crippen molar-refractivity contribution in [3.8, 4) is 0 Å². The minimum absolute atomic E-state index is 0.0503. The normalized spacial score (nSPS) is 13.9. The van der Waals surface area contributed by atoms with Crippen LogP contribution >= 0.6 is 0 Å². The molecule has 0 aromatic rings. The molecule has 0 spiro atoms. The zero-order valence-corrected chi connectivity index (χ0v) is 42.6. The summed E-state index contributed by atoms with van der Waals surface area (Å²) in [5, 5.41) is 23.8. The zero-order valence-electron chi connectivity index (χ0n) is 42.6. The van der Waals surface area contributed by atoms with Crippen LogP contribution in [0, 0.1) is 0 Å². The molecule has 6 nitrogen and oxygen atoms in total. The number of hydrogen-bond donors (Lipinski definition) is 3. The number of esters is 1. The summed E-state index contributed by atoms with van der Waals surface area (Å²) in [5.74, 6) is -0.533. The second-order valence-corrected chi connectivity index (χ2v) is 18.4. The van der Waals surface area contributed by atoms with Crippen molar-refractivity contribution in [3.05, 3.63) is 85.1 Å². The summed E-state index contributed by atoms with van der Waals surface area (Å²) in [7, 11) is 0. The highest BCUT2D eigenvalue weighted by atomic mass is 16.5. The quantitative estimate of drug-likeness (QED) is 0.0245. The molecular weight excluding hydrogens is 803 g/mol. The lowest BCUT2D eigenvalue weighted by Crippen LogP contribution is -2.46. The van der Waals surface area contributed by atoms with Gasteiger partial charge in [-0.1, -0.05) is 254 Å². The van der Waals surface area contributed by atoms with E-state index in [2.05, 4.69) is 62.5 Å². The average Bonchev–Trinajstić information content (AvgIpc) is 3.30. The average molecular weight is 906 g/mol. The first-order valence-electron chi connectivity index (χ1n) is 27.4. The molecule has 0 saturated carbocycles. The third-order valence-electron chi connectivity index (χ3n) is 12.1. The molecule has 3 unspecified atom stereocenters. The van der Waals surface area contributed by atoms with E-state index in [0.717, 1.165) is 77.0 Å². The van der Waals surface area contributed by atoms with E-state index in [4.69, 9.17) is 4.74 Å². The van der Waals surface area contributed by atoms with Gasteiger partial charge in [-0.3, -0.25) is 9.59 Å². The van der Waals surface area contributed by atoms with Crippen molar-refractivity contribution in [1.29, 1.82) is 0 Å². The fourth-order valence-corrected chi connectivity index (χ4v) is 7.99. The Morgan fingerprint density at radius 3 is 1.31 bits per heavy atom. The lowest BCUT2D eigenvalue weighted by atomic mass is 10.0. The molecule has 0 aliphatic rings. The molecule has 0 aromatic carbocycles. The summed E-state index contributed by atoms with van der Waals surface area (Å²) >= 11 is 0. The molecule has 6 heteroatoms. The van der Waals surface area contributed by atoms with E-state index in [0.29, 0.717) is 19.3 Å². The molecule has 374 valence electrons. The molecule has 0 saturated heterocycles. The lowest BCUT2D eigenvalue weighted by Gasteiger charge is -2.24. The van der Waals surface area contributed by atoms with E-state index >= 15 is 0 Å². The van der Waals surface area contributed by atoms with Gasteiger partial charge >= 0.3 is 5.97 Å². The lowest BCUT2D eigenvalue weighted by molar-refractivity contribution is -0.151. The number of allylic oxidation sites excluding steroid dienone is 14. The molecule has 0 aromatic heterocycles. The summed E-state index contributed by atoms with van der Waals surface area (Å²) in [6.45, 7) is 6.33. The molecular formula is C59H103NO5. The highest BCUT2D eigenvalue weighted by Gasteiger charge is 2.24. The number of nitrogens with one attached hydrogen (secondary N) is 1. The predicted molar refractivity (Wildman–Crippen MR) is 282 cm³/mol. The maximum atomic E-state index is 13.2. The van der Waals surface area contributed by atoms with E-state index < -0.39 is 18.2 Å². The Balaban J connectivity index is 4.69. The first kappa shape index (κ1) is 62.0. The number of amides is 1. The van der Waals surface area contributed by atoms with Crippen LogP contribution in [-0.4, -0.2) is 46.9 Å². The van der Waals surface area contributed by atoms with Crippen LogP contribution in [0.4, 0.5) is 0 Å². The maximum Gasteiger partial charge on any atom is 0.306 e. The van der Waals surface area contributed by atoms with E-state index in [-0.39, 0.29) is 24.9 Å². The molecule has 1 amide bonds. The van der Waals surface area contributed by atoms with Crippen molar-refractivity contribution in [2.45, 2.75) is 270 Å². The number of carbonyl (C=O) groups excluding carboxylic acids is 2. The van der Waals surface area contributed by atoms with Crippen molar-refractivity contribution < 1.29 is 24.5 Å². The molecule has 65 heavy (non-hydrogen) atoms. The zero-order chi connectivity index (χ0) is 47.4. The Bertz CT molecular complexity index is 1250. The van der Waals surface area contributed by atoms with Crippen molar-refractivity contribution in [2.24, 2.45) is 0 Å². The van der Waals surface area contributed by atoms with E-state index in [1.54, 1.807) is 0 Å². The van der Waals surface area contributed by atoms with Crippen molar-refractivity contribution in [2.75, 3.05) is 6.61 Å².